The van der Waals surface area contributed by atoms with Crippen LogP contribution in [0.5, 0.6) is 0 Å². The van der Waals surface area contributed by atoms with E-state index in [1.54, 1.807) is 6.07 Å². The standard InChI is InChI=1S/C11H14FN/c1-7(13)9-4-5-11(12)10(6-9)8-2-3-8/h4-8H,2-3,13H2,1H3. The zero-order valence-electron chi connectivity index (χ0n) is 7.76. The summed E-state index contributed by atoms with van der Waals surface area (Å²) in [7, 11) is 0. The van der Waals surface area contributed by atoms with Crippen LogP contribution in [0.3, 0.4) is 0 Å². The van der Waals surface area contributed by atoms with Gasteiger partial charge in [0.2, 0.25) is 0 Å². The summed E-state index contributed by atoms with van der Waals surface area (Å²) in [6.45, 7) is 1.92. The summed E-state index contributed by atoms with van der Waals surface area (Å²) in [6.07, 6.45) is 2.25. The van der Waals surface area contributed by atoms with Gasteiger partial charge in [-0.2, -0.15) is 0 Å². The number of nitrogens with two attached hydrogens (primary N) is 1. The second kappa shape index (κ2) is 3.11. The minimum Gasteiger partial charge on any atom is -0.324 e. The highest BCUT2D eigenvalue weighted by Crippen LogP contribution is 2.41. The largest absolute Gasteiger partial charge is 0.324 e. The van der Waals surface area contributed by atoms with Crippen LogP contribution < -0.4 is 5.73 Å². The van der Waals surface area contributed by atoms with Crippen molar-refractivity contribution in [2.45, 2.75) is 31.7 Å². The van der Waals surface area contributed by atoms with Gasteiger partial charge in [-0.1, -0.05) is 12.1 Å². The Bertz CT molecular complexity index is 316. The van der Waals surface area contributed by atoms with E-state index in [0.717, 1.165) is 24.0 Å². The average Bonchev–Trinajstić information content (AvgIpc) is 2.87. The fraction of sp³-hybridized carbons (Fsp3) is 0.455. The van der Waals surface area contributed by atoms with Crippen LogP contribution in [0.2, 0.25) is 0 Å². The molecule has 70 valence electrons. The van der Waals surface area contributed by atoms with E-state index < -0.39 is 0 Å². The molecule has 0 saturated heterocycles. The number of rotatable bonds is 2. The Kier molecular flexibility index (Phi) is 2.08. The molecule has 0 aromatic heterocycles. The summed E-state index contributed by atoms with van der Waals surface area (Å²) in [5.41, 5.74) is 7.62. The van der Waals surface area contributed by atoms with Gasteiger partial charge in [-0.3, -0.25) is 0 Å². The average molecular weight is 179 g/mol. The molecule has 1 atom stereocenters. The molecule has 1 aromatic carbocycles. The van der Waals surface area contributed by atoms with E-state index in [-0.39, 0.29) is 11.9 Å². The second-order valence-corrected chi connectivity index (χ2v) is 3.84. The lowest BCUT2D eigenvalue weighted by atomic mass is 10.0. The Labute approximate surface area is 77.8 Å². The predicted molar refractivity (Wildman–Crippen MR) is 51.0 cm³/mol. The first kappa shape index (κ1) is 8.70. The molecule has 0 amide bonds. The Morgan fingerprint density at radius 1 is 1.46 bits per heavy atom. The fourth-order valence-electron chi connectivity index (χ4n) is 1.55. The molecular formula is C11H14FN. The third kappa shape index (κ3) is 1.73. The smallest absolute Gasteiger partial charge is 0.126 e. The van der Waals surface area contributed by atoms with Gasteiger partial charge in [0.25, 0.3) is 0 Å². The van der Waals surface area contributed by atoms with Gasteiger partial charge < -0.3 is 5.73 Å². The third-order valence-corrected chi connectivity index (χ3v) is 2.56. The summed E-state index contributed by atoms with van der Waals surface area (Å²) in [5.74, 6) is 0.380. The van der Waals surface area contributed by atoms with Crippen molar-refractivity contribution < 1.29 is 4.39 Å². The molecule has 1 fully saturated rings. The van der Waals surface area contributed by atoms with E-state index in [0.29, 0.717) is 5.92 Å². The van der Waals surface area contributed by atoms with E-state index in [1.807, 2.05) is 13.0 Å². The first-order valence-corrected chi connectivity index (χ1v) is 4.73. The SMILES string of the molecule is CC(N)c1ccc(F)c(C2CC2)c1. The van der Waals surface area contributed by atoms with Crippen molar-refractivity contribution >= 4 is 0 Å². The molecule has 0 heterocycles. The van der Waals surface area contributed by atoms with Crippen LogP contribution in [0.25, 0.3) is 0 Å². The van der Waals surface area contributed by atoms with E-state index in [9.17, 15) is 4.39 Å². The van der Waals surface area contributed by atoms with Gasteiger partial charge in [0.15, 0.2) is 0 Å². The van der Waals surface area contributed by atoms with Gasteiger partial charge in [0, 0.05) is 6.04 Å². The first-order chi connectivity index (χ1) is 6.18. The van der Waals surface area contributed by atoms with E-state index >= 15 is 0 Å². The van der Waals surface area contributed by atoms with Gasteiger partial charge in [-0.15, -0.1) is 0 Å². The summed E-state index contributed by atoms with van der Waals surface area (Å²) in [5, 5.41) is 0. The zero-order valence-corrected chi connectivity index (χ0v) is 7.76. The van der Waals surface area contributed by atoms with Crippen molar-refractivity contribution in [2.75, 3.05) is 0 Å². The third-order valence-electron chi connectivity index (χ3n) is 2.56. The molecule has 0 spiro atoms. The first-order valence-electron chi connectivity index (χ1n) is 4.73. The number of hydrogen-bond acceptors (Lipinski definition) is 1. The van der Waals surface area contributed by atoms with Crippen LogP contribution in [-0.2, 0) is 0 Å². The highest BCUT2D eigenvalue weighted by molar-refractivity contribution is 5.31. The van der Waals surface area contributed by atoms with Crippen LogP contribution in [0.1, 0.15) is 42.9 Å². The number of hydrogen-bond donors (Lipinski definition) is 1. The van der Waals surface area contributed by atoms with Crippen molar-refractivity contribution in [3.05, 3.63) is 35.1 Å². The van der Waals surface area contributed by atoms with Crippen molar-refractivity contribution in [3.63, 3.8) is 0 Å². The molecule has 1 saturated carbocycles. The van der Waals surface area contributed by atoms with Crippen molar-refractivity contribution in [1.29, 1.82) is 0 Å². The normalized spacial score (nSPS) is 18.7. The van der Waals surface area contributed by atoms with Gasteiger partial charge >= 0.3 is 0 Å². The monoisotopic (exact) mass is 179 g/mol. The molecule has 1 aliphatic rings. The van der Waals surface area contributed by atoms with Crippen LogP contribution in [0.4, 0.5) is 4.39 Å². The molecule has 1 unspecified atom stereocenters. The van der Waals surface area contributed by atoms with E-state index in [1.165, 1.54) is 6.07 Å². The zero-order chi connectivity index (χ0) is 9.42. The molecule has 1 aromatic rings. The summed E-state index contributed by atoms with van der Waals surface area (Å²) in [6, 6.07) is 5.22. The van der Waals surface area contributed by atoms with Gasteiger partial charge in [0.1, 0.15) is 5.82 Å². The minimum atomic E-state index is -0.0769. The van der Waals surface area contributed by atoms with E-state index in [2.05, 4.69) is 0 Å². The van der Waals surface area contributed by atoms with Crippen LogP contribution in [0, 0.1) is 5.82 Å². The van der Waals surface area contributed by atoms with Gasteiger partial charge in [0.05, 0.1) is 0 Å². The predicted octanol–water partition coefficient (Wildman–Crippen LogP) is 2.72. The second-order valence-electron chi connectivity index (χ2n) is 3.84. The Morgan fingerprint density at radius 3 is 2.69 bits per heavy atom. The summed E-state index contributed by atoms with van der Waals surface area (Å²) < 4.78 is 13.3. The summed E-state index contributed by atoms with van der Waals surface area (Å²) in [4.78, 5) is 0. The lowest BCUT2D eigenvalue weighted by Crippen LogP contribution is -2.05. The maximum absolute atomic E-state index is 13.3. The lowest BCUT2D eigenvalue weighted by Gasteiger charge is -2.08. The Hall–Kier alpha value is -0.890. The van der Waals surface area contributed by atoms with Crippen LogP contribution >= 0.6 is 0 Å². The molecule has 2 N–H and O–H groups in total. The maximum atomic E-state index is 13.3. The number of halogens is 1. The van der Waals surface area contributed by atoms with E-state index in [4.69, 9.17) is 5.73 Å². The quantitative estimate of drug-likeness (QED) is 0.742. The highest BCUT2D eigenvalue weighted by atomic mass is 19.1. The minimum absolute atomic E-state index is 0.00176. The molecule has 2 rings (SSSR count). The van der Waals surface area contributed by atoms with Gasteiger partial charge in [-0.05, 0) is 42.9 Å². The highest BCUT2D eigenvalue weighted by Gasteiger charge is 2.26. The molecule has 2 heteroatoms. The molecule has 0 aliphatic heterocycles. The van der Waals surface area contributed by atoms with Crippen molar-refractivity contribution in [2.24, 2.45) is 5.73 Å². The van der Waals surface area contributed by atoms with Gasteiger partial charge in [-0.25, -0.2) is 4.39 Å². The van der Waals surface area contributed by atoms with Crippen LogP contribution in [-0.4, -0.2) is 0 Å². The molecule has 13 heavy (non-hydrogen) atoms. The molecular weight excluding hydrogens is 165 g/mol. The molecule has 0 radical (unpaired) electrons. The van der Waals surface area contributed by atoms with Crippen LogP contribution in [0.15, 0.2) is 18.2 Å². The molecule has 0 bridgehead atoms. The molecule has 1 nitrogen and oxygen atoms in total. The summed E-state index contributed by atoms with van der Waals surface area (Å²) >= 11 is 0. The topological polar surface area (TPSA) is 26.0 Å². The maximum Gasteiger partial charge on any atom is 0.126 e. The fourth-order valence-corrected chi connectivity index (χ4v) is 1.55. The van der Waals surface area contributed by atoms with Crippen molar-refractivity contribution in [1.82, 2.24) is 0 Å². The lowest BCUT2D eigenvalue weighted by molar-refractivity contribution is 0.608. The Balaban J connectivity index is 2.36. The van der Waals surface area contributed by atoms with Crippen molar-refractivity contribution in [3.8, 4) is 0 Å². The Morgan fingerprint density at radius 2 is 2.15 bits per heavy atom. The molecule has 1 aliphatic carbocycles. The number of benzene rings is 1.